The molecule has 0 radical (unpaired) electrons. The van der Waals surface area contributed by atoms with Crippen molar-refractivity contribution in [2.45, 2.75) is 0 Å². The Morgan fingerprint density at radius 1 is 0.351 bits per heavy atom. The van der Waals surface area contributed by atoms with Gasteiger partial charge in [0.15, 0.2) is 17.5 Å². The first-order valence-corrected chi connectivity index (χ1v) is 18.0. The summed E-state index contributed by atoms with van der Waals surface area (Å²) in [4.78, 5) is 14.7. The van der Waals surface area contributed by atoms with E-state index >= 15 is 0 Å². The van der Waals surface area contributed by atoms with Crippen LogP contribution >= 0.6 is 0 Å². The SMILES string of the molecule is [2H]c1c([2H])c([2H])c(-c2cc(-c3cccc4c(-c5nc(-c6ccc7ccccc7c6)nc(-c6c([2H])c([2H])c(-c7c([2H])c([2H])c([2H])c([2H])c7[2H])c([2H])c6[2H])n5)cccc34)c3c(c2)oc2ccccc23)c([2H])c1[2H]. The largest absolute Gasteiger partial charge is 0.456 e. The first kappa shape index (κ1) is 21.4. The van der Waals surface area contributed by atoms with E-state index in [1.165, 1.54) is 0 Å². The van der Waals surface area contributed by atoms with Crippen molar-refractivity contribution in [3.05, 3.63) is 200 Å². The maximum atomic E-state index is 9.31. The molecule has 0 saturated carbocycles. The number of hydrogen-bond donors (Lipinski definition) is 0. The molecule has 2 aromatic heterocycles. The average Bonchev–Trinajstić information content (AvgIpc) is 3.77. The Hall–Kier alpha value is -7.69. The van der Waals surface area contributed by atoms with Crippen LogP contribution < -0.4 is 0 Å². The minimum Gasteiger partial charge on any atom is -0.456 e. The predicted molar refractivity (Wildman–Crippen MR) is 235 cm³/mol. The van der Waals surface area contributed by atoms with Crippen molar-refractivity contribution in [3.63, 3.8) is 0 Å². The topological polar surface area (TPSA) is 51.8 Å². The van der Waals surface area contributed by atoms with Crippen molar-refractivity contribution in [2.75, 3.05) is 0 Å². The molecule has 2 heterocycles. The first-order valence-electron chi connectivity index (χ1n) is 25.0. The van der Waals surface area contributed by atoms with Gasteiger partial charge in [0.25, 0.3) is 0 Å². The summed E-state index contributed by atoms with van der Waals surface area (Å²) in [6.07, 6.45) is 0. The van der Waals surface area contributed by atoms with E-state index in [0.717, 1.165) is 21.5 Å². The van der Waals surface area contributed by atoms with Crippen LogP contribution in [-0.4, -0.2) is 15.0 Å². The monoisotopic (exact) mass is 741 g/mol. The van der Waals surface area contributed by atoms with Crippen molar-refractivity contribution >= 4 is 43.5 Å². The maximum absolute atomic E-state index is 9.31. The molecular formula is C53H33N3O. The minimum atomic E-state index is -0.688. The van der Waals surface area contributed by atoms with Crippen molar-refractivity contribution < 1.29 is 23.6 Å². The number of benzene rings is 9. The lowest BCUT2D eigenvalue weighted by atomic mass is 9.90. The second kappa shape index (κ2) is 13.6. The molecule has 11 rings (SSSR count). The van der Waals surface area contributed by atoms with Gasteiger partial charge in [-0.2, -0.15) is 0 Å². The number of aromatic nitrogens is 3. The van der Waals surface area contributed by atoms with Crippen LogP contribution in [0.3, 0.4) is 0 Å². The summed E-state index contributed by atoms with van der Waals surface area (Å²) >= 11 is 0. The Morgan fingerprint density at radius 3 is 1.70 bits per heavy atom. The van der Waals surface area contributed by atoms with E-state index in [1.807, 2.05) is 97.1 Å². The van der Waals surface area contributed by atoms with Gasteiger partial charge in [-0.3, -0.25) is 0 Å². The Bertz CT molecular complexity index is 4050. The molecule has 266 valence electrons. The fourth-order valence-electron chi connectivity index (χ4n) is 7.34. The van der Waals surface area contributed by atoms with Gasteiger partial charge in [0, 0.05) is 27.5 Å². The van der Waals surface area contributed by atoms with Crippen LogP contribution in [0.2, 0.25) is 0 Å². The smallest absolute Gasteiger partial charge is 0.164 e. The van der Waals surface area contributed by atoms with Crippen molar-refractivity contribution in [1.82, 2.24) is 15.0 Å². The lowest BCUT2D eigenvalue weighted by molar-refractivity contribution is 0.669. The van der Waals surface area contributed by atoms with E-state index in [2.05, 4.69) is 0 Å². The number of nitrogens with zero attached hydrogens (tertiary/aromatic N) is 3. The van der Waals surface area contributed by atoms with Gasteiger partial charge >= 0.3 is 0 Å². The van der Waals surface area contributed by atoms with Crippen molar-refractivity contribution in [3.8, 4) is 67.5 Å². The summed E-state index contributed by atoms with van der Waals surface area (Å²) < 4.78 is 128. The number of fused-ring (bicyclic) bond motifs is 5. The second-order valence-electron chi connectivity index (χ2n) is 13.3. The fraction of sp³-hybridized carbons (Fsp3) is 0. The maximum Gasteiger partial charge on any atom is 0.164 e. The number of para-hydroxylation sites is 1. The van der Waals surface area contributed by atoms with Crippen LogP contribution in [-0.2, 0) is 0 Å². The summed E-state index contributed by atoms with van der Waals surface area (Å²) in [7, 11) is 0. The molecule has 0 spiro atoms. The second-order valence-corrected chi connectivity index (χ2v) is 13.3. The van der Waals surface area contributed by atoms with E-state index in [4.69, 9.17) is 35.8 Å². The summed E-state index contributed by atoms with van der Waals surface area (Å²) in [5.41, 5.74) is 2.51. The molecule has 0 saturated heterocycles. The molecule has 0 atom stereocenters. The van der Waals surface area contributed by atoms with Crippen molar-refractivity contribution in [2.24, 2.45) is 0 Å². The summed E-state index contributed by atoms with van der Waals surface area (Å²) in [6, 6.07) is 27.3. The molecule has 9 aromatic carbocycles. The standard InChI is InChI=1S/C53H33N3O/c1-3-13-34(14-4-1)37-25-28-38(29-26-37)51-54-52(40-30-27-36-17-7-8-18-39(36)31-40)56-53(55-51)45-23-12-20-42-43(45)21-11-22-44(42)47-32-41(35-15-5-2-6-16-35)33-49-50(47)46-19-9-10-24-48(46)57-49/h1-33H/i1D,2D,3D,4D,5D,6D,13D,14D,15D,16D,25D,26D,28D,29D. The first-order chi connectivity index (χ1) is 34.0. The molecular weight excluding hydrogens is 695 g/mol. The third kappa shape index (κ3) is 5.83. The van der Waals surface area contributed by atoms with Gasteiger partial charge in [-0.05, 0) is 79.2 Å². The highest BCUT2D eigenvalue weighted by Crippen LogP contribution is 2.43. The van der Waals surface area contributed by atoms with Crippen LogP contribution in [0.25, 0.3) is 111 Å². The molecule has 0 N–H and O–H groups in total. The van der Waals surface area contributed by atoms with Crippen LogP contribution in [0.4, 0.5) is 0 Å². The molecule has 11 aromatic rings. The molecule has 4 heteroatoms. The highest BCUT2D eigenvalue weighted by Gasteiger charge is 2.19. The highest BCUT2D eigenvalue weighted by molar-refractivity contribution is 6.17. The molecule has 0 aliphatic rings. The van der Waals surface area contributed by atoms with E-state index in [9.17, 15) is 2.74 Å². The normalized spacial score (nSPS) is 14.9. The molecule has 0 unspecified atom stereocenters. The molecule has 0 fully saturated rings. The zero-order chi connectivity index (χ0) is 49.9. The molecule has 4 nitrogen and oxygen atoms in total. The predicted octanol–water partition coefficient (Wildman–Crippen LogP) is 14.1. The molecule has 0 amide bonds. The van der Waals surface area contributed by atoms with Crippen LogP contribution in [0.15, 0.2) is 204 Å². The van der Waals surface area contributed by atoms with Crippen LogP contribution in [0, 0.1) is 0 Å². The Labute approximate surface area is 349 Å². The van der Waals surface area contributed by atoms with E-state index in [0.29, 0.717) is 49.8 Å². The lowest BCUT2D eigenvalue weighted by Crippen LogP contribution is -2.01. The minimum absolute atomic E-state index is 0.00927. The van der Waals surface area contributed by atoms with E-state index in [1.54, 1.807) is 18.2 Å². The summed E-state index contributed by atoms with van der Waals surface area (Å²) in [6.45, 7) is 0. The zero-order valence-electron chi connectivity index (χ0n) is 43.7. The van der Waals surface area contributed by atoms with Gasteiger partial charge in [-0.15, -0.1) is 0 Å². The average molecular weight is 742 g/mol. The number of furan rings is 1. The summed E-state index contributed by atoms with van der Waals surface area (Å²) in [5, 5.41) is 4.70. The highest BCUT2D eigenvalue weighted by atomic mass is 16.3. The van der Waals surface area contributed by atoms with Gasteiger partial charge in [-0.1, -0.05) is 176 Å². The number of hydrogen-bond acceptors (Lipinski definition) is 4. The lowest BCUT2D eigenvalue weighted by Gasteiger charge is -2.14. The zero-order valence-corrected chi connectivity index (χ0v) is 29.7. The van der Waals surface area contributed by atoms with Gasteiger partial charge in [-0.25, -0.2) is 15.0 Å². The Balaban J connectivity index is 1.17. The quantitative estimate of drug-likeness (QED) is 0.170. The third-order valence-corrected chi connectivity index (χ3v) is 9.96. The van der Waals surface area contributed by atoms with Crippen LogP contribution in [0.5, 0.6) is 0 Å². The molecule has 57 heavy (non-hydrogen) atoms. The van der Waals surface area contributed by atoms with Crippen LogP contribution in [0.1, 0.15) is 19.2 Å². The fourth-order valence-corrected chi connectivity index (χ4v) is 7.34. The third-order valence-electron chi connectivity index (χ3n) is 9.96. The van der Waals surface area contributed by atoms with E-state index < -0.39 is 83.6 Å². The molecule has 0 aliphatic heterocycles. The molecule has 0 aliphatic carbocycles. The van der Waals surface area contributed by atoms with Gasteiger partial charge in [0.05, 0.1) is 19.2 Å². The van der Waals surface area contributed by atoms with Crippen molar-refractivity contribution in [1.29, 1.82) is 0 Å². The van der Waals surface area contributed by atoms with Gasteiger partial charge in [0.2, 0.25) is 0 Å². The van der Waals surface area contributed by atoms with Gasteiger partial charge < -0.3 is 4.42 Å². The number of rotatable bonds is 6. The van der Waals surface area contributed by atoms with E-state index in [-0.39, 0.29) is 40.7 Å². The Morgan fingerprint density at radius 2 is 0.930 bits per heavy atom. The Kier molecular flexibility index (Phi) is 5.09. The van der Waals surface area contributed by atoms with Gasteiger partial charge in [0.1, 0.15) is 11.2 Å². The summed E-state index contributed by atoms with van der Waals surface area (Å²) in [5.74, 6) is 0.0430. The molecule has 0 bridgehead atoms.